The molecule has 0 radical (unpaired) electrons. The summed E-state index contributed by atoms with van der Waals surface area (Å²) in [5, 5.41) is 19.3. The lowest BCUT2D eigenvalue weighted by Crippen LogP contribution is -2.28. The van der Waals surface area contributed by atoms with Crippen molar-refractivity contribution in [3.8, 4) is 6.07 Å². The van der Waals surface area contributed by atoms with E-state index in [1.54, 1.807) is 31.2 Å². The van der Waals surface area contributed by atoms with Crippen molar-refractivity contribution in [3.63, 3.8) is 0 Å². The molecule has 0 unspecified atom stereocenters. The number of aliphatic hydroxyl groups is 1. The van der Waals surface area contributed by atoms with Crippen LogP contribution < -0.4 is 9.62 Å². The van der Waals surface area contributed by atoms with Gasteiger partial charge in [0, 0.05) is 12.2 Å². The number of anilines is 2. The van der Waals surface area contributed by atoms with E-state index in [2.05, 4.69) is 15.8 Å². The second kappa shape index (κ2) is 9.09. The first-order valence-corrected chi connectivity index (χ1v) is 11.1. The number of hydrogen-bond acceptors (Lipinski definition) is 7. The Balaban J connectivity index is 1.93. The summed E-state index contributed by atoms with van der Waals surface area (Å²) in [4.78, 5) is 6.16. The zero-order chi connectivity index (χ0) is 21.7. The number of aryl methyl sites for hydroxylation is 1. The Bertz CT molecular complexity index is 1140. The van der Waals surface area contributed by atoms with Gasteiger partial charge in [-0.15, -0.1) is 0 Å². The van der Waals surface area contributed by atoms with Crippen molar-refractivity contribution in [1.29, 1.82) is 5.26 Å². The Labute approximate surface area is 175 Å². The average Bonchev–Trinajstić information content (AvgIpc) is 3.10. The molecule has 0 fully saturated rings. The van der Waals surface area contributed by atoms with Crippen molar-refractivity contribution in [2.45, 2.75) is 19.6 Å². The molecule has 0 aliphatic rings. The van der Waals surface area contributed by atoms with E-state index in [-0.39, 0.29) is 11.7 Å². The minimum atomic E-state index is -3.63. The predicted octanol–water partition coefficient (Wildman–Crippen LogP) is 2.78. The van der Waals surface area contributed by atoms with Crippen LogP contribution in [-0.4, -0.2) is 31.3 Å². The van der Waals surface area contributed by atoms with Crippen LogP contribution in [0.1, 0.15) is 28.8 Å². The van der Waals surface area contributed by atoms with Gasteiger partial charge in [0.2, 0.25) is 10.0 Å². The molecule has 2 N–H and O–H groups in total. The summed E-state index contributed by atoms with van der Waals surface area (Å²) in [7, 11) is -3.63. The van der Waals surface area contributed by atoms with Gasteiger partial charge in [-0.1, -0.05) is 30.3 Å². The highest BCUT2D eigenvalue weighted by Gasteiger charge is 2.24. The third-order valence-electron chi connectivity index (χ3n) is 4.41. The molecule has 0 saturated carbocycles. The molecule has 3 aromatic rings. The fourth-order valence-electron chi connectivity index (χ4n) is 2.96. The average molecular weight is 426 g/mol. The molecule has 3 rings (SSSR count). The SMILES string of the molecule is Cc1oc(N(CCc2ccccc2)c2ccc(C#N)cc2)nc1[C@H](O)NS(C)(=O)=O. The van der Waals surface area contributed by atoms with Crippen molar-refractivity contribution in [2.24, 2.45) is 0 Å². The van der Waals surface area contributed by atoms with E-state index in [4.69, 9.17) is 9.68 Å². The molecule has 156 valence electrons. The number of aliphatic hydroxyl groups excluding tert-OH is 1. The molecule has 0 aliphatic carbocycles. The normalized spacial score (nSPS) is 12.3. The molecule has 0 bridgehead atoms. The highest BCUT2D eigenvalue weighted by molar-refractivity contribution is 7.88. The first kappa shape index (κ1) is 21.5. The second-order valence-electron chi connectivity index (χ2n) is 6.78. The van der Waals surface area contributed by atoms with Crippen LogP contribution in [0.2, 0.25) is 0 Å². The summed E-state index contributed by atoms with van der Waals surface area (Å²) >= 11 is 0. The summed E-state index contributed by atoms with van der Waals surface area (Å²) in [5.74, 6) is 0.298. The smallest absolute Gasteiger partial charge is 0.302 e. The second-order valence-corrected chi connectivity index (χ2v) is 8.56. The standard InChI is InChI=1S/C21H22N4O4S/c1-15-19(20(26)24-30(2,27)28)23-21(29-15)25(13-12-16-6-4-3-5-7-16)18-10-8-17(14-22)9-11-18/h3-11,20,24,26H,12-13H2,1-2H3/t20-/m0/s1. The highest BCUT2D eigenvalue weighted by atomic mass is 32.2. The maximum atomic E-state index is 11.4. The number of nitriles is 1. The van der Waals surface area contributed by atoms with E-state index in [0.717, 1.165) is 17.5 Å². The third-order valence-corrected chi connectivity index (χ3v) is 5.06. The van der Waals surface area contributed by atoms with Crippen molar-refractivity contribution in [3.05, 3.63) is 77.2 Å². The van der Waals surface area contributed by atoms with Gasteiger partial charge in [0.05, 0.1) is 17.9 Å². The zero-order valence-electron chi connectivity index (χ0n) is 16.6. The largest absolute Gasteiger partial charge is 0.428 e. The summed E-state index contributed by atoms with van der Waals surface area (Å²) in [6.45, 7) is 2.12. The number of nitrogens with one attached hydrogen (secondary N) is 1. The summed E-state index contributed by atoms with van der Waals surface area (Å²) in [5.41, 5.74) is 2.49. The van der Waals surface area contributed by atoms with Crippen LogP contribution >= 0.6 is 0 Å². The lowest BCUT2D eigenvalue weighted by atomic mass is 10.1. The van der Waals surface area contributed by atoms with Crippen molar-refractivity contribution < 1.29 is 17.9 Å². The van der Waals surface area contributed by atoms with Gasteiger partial charge >= 0.3 is 6.01 Å². The van der Waals surface area contributed by atoms with E-state index >= 15 is 0 Å². The summed E-state index contributed by atoms with van der Waals surface area (Å²) in [6.07, 6.45) is 0.131. The number of rotatable bonds is 8. The van der Waals surface area contributed by atoms with Crippen LogP contribution in [0.4, 0.5) is 11.7 Å². The number of oxazole rings is 1. The van der Waals surface area contributed by atoms with Crippen molar-refractivity contribution in [2.75, 3.05) is 17.7 Å². The minimum Gasteiger partial charge on any atom is -0.428 e. The monoisotopic (exact) mass is 426 g/mol. The summed E-state index contributed by atoms with van der Waals surface area (Å²) < 4.78 is 30.7. The van der Waals surface area contributed by atoms with Gasteiger partial charge in [0.1, 0.15) is 11.5 Å². The van der Waals surface area contributed by atoms with E-state index in [9.17, 15) is 13.5 Å². The van der Waals surface area contributed by atoms with Gasteiger partial charge in [-0.2, -0.15) is 15.0 Å². The third kappa shape index (κ3) is 5.45. The molecule has 0 amide bonds. The lowest BCUT2D eigenvalue weighted by molar-refractivity contribution is 0.160. The van der Waals surface area contributed by atoms with Crippen LogP contribution in [-0.2, 0) is 16.4 Å². The van der Waals surface area contributed by atoms with Crippen LogP contribution in [0, 0.1) is 18.3 Å². The van der Waals surface area contributed by atoms with Gasteiger partial charge < -0.3 is 9.52 Å². The number of aromatic nitrogens is 1. The Kier molecular flexibility index (Phi) is 6.52. The number of hydrogen-bond donors (Lipinski definition) is 2. The first-order chi connectivity index (χ1) is 14.3. The maximum absolute atomic E-state index is 11.4. The maximum Gasteiger partial charge on any atom is 0.302 e. The van der Waals surface area contributed by atoms with Gasteiger partial charge in [-0.05, 0) is 43.2 Å². The predicted molar refractivity (Wildman–Crippen MR) is 112 cm³/mol. The zero-order valence-corrected chi connectivity index (χ0v) is 17.4. The van der Waals surface area contributed by atoms with E-state index in [0.29, 0.717) is 24.3 Å². The quantitative estimate of drug-likeness (QED) is 0.532. The Morgan fingerprint density at radius 3 is 2.47 bits per heavy atom. The first-order valence-electron chi connectivity index (χ1n) is 9.21. The molecule has 2 aromatic carbocycles. The van der Waals surface area contributed by atoms with Gasteiger partial charge in [-0.25, -0.2) is 8.42 Å². The van der Waals surface area contributed by atoms with Crippen LogP contribution in [0.15, 0.2) is 59.0 Å². The fraction of sp³-hybridized carbons (Fsp3) is 0.238. The topological polar surface area (TPSA) is 119 Å². The molecule has 1 heterocycles. The van der Waals surface area contributed by atoms with Crippen LogP contribution in [0.3, 0.4) is 0 Å². The molecule has 30 heavy (non-hydrogen) atoms. The van der Waals surface area contributed by atoms with Gasteiger partial charge in [0.25, 0.3) is 0 Å². The van der Waals surface area contributed by atoms with E-state index in [1.165, 1.54) is 0 Å². The lowest BCUT2D eigenvalue weighted by Gasteiger charge is -2.21. The Morgan fingerprint density at radius 1 is 1.20 bits per heavy atom. The van der Waals surface area contributed by atoms with Crippen LogP contribution in [0.5, 0.6) is 0 Å². The number of nitrogens with zero attached hydrogens (tertiary/aromatic N) is 3. The molecule has 0 spiro atoms. The molecule has 8 nitrogen and oxygen atoms in total. The molecule has 1 atom stereocenters. The molecular weight excluding hydrogens is 404 g/mol. The van der Waals surface area contributed by atoms with Crippen molar-refractivity contribution >= 4 is 21.7 Å². The molecule has 1 aromatic heterocycles. The fourth-order valence-corrected chi connectivity index (χ4v) is 3.48. The van der Waals surface area contributed by atoms with Crippen molar-refractivity contribution in [1.82, 2.24) is 9.71 Å². The van der Waals surface area contributed by atoms with E-state index in [1.807, 2.05) is 35.2 Å². The minimum absolute atomic E-state index is 0.0915. The van der Waals surface area contributed by atoms with Crippen LogP contribution in [0.25, 0.3) is 0 Å². The van der Waals surface area contributed by atoms with Gasteiger partial charge in [-0.3, -0.25) is 4.90 Å². The molecule has 0 saturated heterocycles. The number of sulfonamides is 1. The van der Waals surface area contributed by atoms with Gasteiger partial charge in [0.15, 0.2) is 6.23 Å². The Hall–Kier alpha value is -3.19. The number of benzene rings is 2. The molecular formula is C21H22N4O4S. The molecule has 9 heteroatoms. The molecule has 0 aliphatic heterocycles. The highest BCUT2D eigenvalue weighted by Crippen LogP contribution is 2.29. The summed E-state index contributed by atoms with van der Waals surface area (Å²) in [6, 6.07) is 19.2. The Morgan fingerprint density at radius 2 is 1.87 bits per heavy atom. The van der Waals surface area contributed by atoms with E-state index < -0.39 is 16.3 Å².